The van der Waals surface area contributed by atoms with Crippen LogP contribution in [0, 0.1) is 13.8 Å². The number of rotatable bonds is 6. The summed E-state index contributed by atoms with van der Waals surface area (Å²) in [5.41, 5.74) is -0.137. The standard InChI is InChI=1S/C20H23F3N2O3S/c1-13(2)24-19(26)12-25(17-7-5-6-16(11-17)20(21,22)23)29(27,28)18-10-14(3)8-9-15(18)4/h5-11,13H,12H2,1-4H3,(H,24,26). The number of sulfonamides is 1. The van der Waals surface area contributed by atoms with Gasteiger partial charge in [0, 0.05) is 6.04 Å². The number of anilines is 1. The lowest BCUT2D eigenvalue weighted by atomic mass is 10.2. The molecule has 0 aliphatic heterocycles. The van der Waals surface area contributed by atoms with Gasteiger partial charge in [0.15, 0.2) is 0 Å². The van der Waals surface area contributed by atoms with Gasteiger partial charge in [-0.05, 0) is 63.1 Å². The van der Waals surface area contributed by atoms with E-state index >= 15 is 0 Å². The highest BCUT2D eigenvalue weighted by atomic mass is 32.2. The van der Waals surface area contributed by atoms with Gasteiger partial charge in [-0.15, -0.1) is 0 Å². The minimum absolute atomic E-state index is 0.0627. The van der Waals surface area contributed by atoms with E-state index in [0.717, 1.165) is 18.2 Å². The van der Waals surface area contributed by atoms with Crippen molar-refractivity contribution in [2.75, 3.05) is 10.8 Å². The van der Waals surface area contributed by atoms with Crippen LogP contribution in [-0.2, 0) is 21.0 Å². The maximum absolute atomic E-state index is 13.4. The van der Waals surface area contributed by atoms with Crippen LogP contribution in [0.4, 0.5) is 18.9 Å². The molecule has 0 unspecified atom stereocenters. The molecule has 29 heavy (non-hydrogen) atoms. The highest BCUT2D eigenvalue weighted by Crippen LogP contribution is 2.33. The van der Waals surface area contributed by atoms with Crippen LogP contribution in [0.1, 0.15) is 30.5 Å². The van der Waals surface area contributed by atoms with Crippen molar-refractivity contribution in [2.24, 2.45) is 0 Å². The van der Waals surface area contributed by atoms with Crippen LogP contribution < -0.4 is 9.62 Å². The highest BCUT2D eigenvalue weighted by molar-refractivity contribution is 7.93. The fourth-order valence-electron chi connectivity index (χ4n) is 2.75. The van der Waals surface area contributed by atoms with Crippen molar-refractivity contribution in [2.45, 2.75) is 44.8 Å². The number of hydrogen-bond acceptors (Lipinski definition) is 3. The van der Waals surface area contributed by atoms with Gasteiger partial charge in [0.25, 0.3) is 10.0 Å². The second kappa shape index (κ2) is 8.44. The fourth-order valence-corrected chi connectivity index (χ4v) is 4.48. The third-order valence-corrected chi connectivity index (χ3v) is 6.03. The summed E-state index contributed by atoms with van der Waals surface area (Å²) in [5, 5.41) is 2.57. The van der Waals surface area contributed by atoms with Crippen molar-refractivity contribution in [1.29, 1.82) is 0 Å². The molecule has 0 radical (unpaired) electrons. The Bertz CT molecular complexity index is 1000. The summed E-state index contributed by atoms with van der Waals surface area (Å²) >= 11 is 0. The number of carbonyl (C=O) groups is 1. The maximum Gasteiger partial charge on any atom is 0.416 e. The minimum atomic E-state index is -4.65. The molecule has 0 atom stereocenters. The molecule has 0 heterocycles. The van der Waals surface area contributed by atoms with Crippen molar-refractivity contribution in [1.82, 2.24) is 5.32 Å². The smallest absolute Gasteiger partial charge is 0.352 e. The third kappa shape index (κ3) is 5.50. The third-order valence-electron chi connectivity index (χ3n) is 4.11. The van der Waals surface area contributed by atoms with Crippen molar-refractivity contribution < 1.29 is 26.4 Å². The molecule has 0 bridgehead atoms. The zero-order chi connectivity index (χ0) is 22.0. The van der Waals surface area contributed by atoms with Gasteiger partial charge in [-0.2, -0.15) is 13.2 Å². The number of nitrogens with zero attached hydrogens (tertiary/aromatic N) is 1. The summed E-state index contributed by atoms with van der Waals surface area (Å²) in [6.45, 7) is 6.05. The first-order valence-corrected chi connectivity index (χ1v) is 10.3. The van der Waals surface area contributed by atoms with Crippen LogP contribution in [0.5, 0.6) is 0 Å². The quantitative estimate of drug-likeness (QED) is 0.755. The van der Waals surface area contributed by atoms with Crippen LogP contribution in [0.2, 0.25) is 0 Å². The van der Waals surface area contributed by atoms with E-state index in [1.807, 2.05) is 0 Å². The number of amides is 1. The number of halogens is 3. The SMILES string of the molecule is Cc1ccc(C)c(S(=O)(=O)N(CC(=O)NC(C)C)c2cccc(C(F)(F)F)c2)c1. The zero-order valence-electron chi connectivity index (χ0n) is 16.5. The van der Waals surface area contributed by atoms with Gasteiger partial charge in [-0.25, -0.2) is 8.42 Å². The van der Waals surface area contributed by atoms with E-state index in [2.05, 4.69) is 5.32 Å². The Kier molecular flexibility index (Phi) is 6.62. The summed E-state index contributed by atoms with van der Waals surface area (Å²) in [6, 6.07) is 8.45. The lowest BCUT2D eigenvalue weighted by molar-refractivity contribution is -0.137. The summed E-state index contributed by atoms with van der Waals surface area (Å²) in [4.78, 5) is 12.2. The predicted octanol–water partition coefficient (Wildman–Crippen LogP) is 4.04. The lowest BCUT2D eigenvalue weighted by Crippen LogP contribution is -2.43. The first-order valence-electron chi connectivity index (χ1n) is 8.89. The average Bonchev–Trinajstić information content (AvgIpc) is 2.60. The lowest BCUT2D eigenvalue weighted by Gasteiger charge is -2.26. The number of benzene rings is 2. The molecule has 0 saturated heterocycles. The number of alkyl halides is 3. The fraction of sp³-hybridized carbons (Fsp3) is 0.350. The molecule has 1 amide bonds. The van der Waals surface area contributed by atoms with Crippen LogP contribution in [0.25, 0.3) is 0 Å². The molecule has 2 aromatic rings. The van der Waals surface area contributed by atoms with E-state index < -0.39 is 34.2 Å². The molecule has 2 aromatic carbocycles. The number of nitrogens with one attached hydrogen (secondary N) is 1. The topological polar surface area (TPSA) is 66.5 Å². The van der Waals surface area contributed by atoms with Gasteiger partial charge in [-0.3, -0.25) is 9.10 Å². The Hall–Kier alpha value is -2.55. The van der Waals surface area contributed by atoms with E-state index in [4.69, 9.17) is 0 Å². The second-order valence-corrected chi connectivity index (χ2v) is 8.88. The molecule has 0 fully saturated rings. The van der Waals surface area contributed by atoms with Crippen LogP contribution in [0.15, 0.2) is 47.4 Å². The first kappa shape index (κ1) is 22.7. The summed E-state index contributed by atoms with van der Waals surface area (Å²) < 4.78 is 66.9. The van der Waals surface area contributed by atoms with Gasteiger partial charge >= 0.3 is 6.18 Å². The van der Waals surface area contributed by atoms with E-state index in [0.29, 0.717) is 15.4 Å². The Labute approximate surface area is 168 Å². The normalized spacial score (nSPS) is 12.1. The number of aryl methyl sites for hydroxylation is 2. The summed E-state index contributed by atoms with van der Waals surface area (Å²) in [7, 11) is -4.30. The molecule has 5 nitrogen and oxygen atoms in total. The molecular weight excluding hydrogens is 405 g/mol. The van der Waals surface area contributed by atoms with Crippen LogP contribution in [0.3, 0.4) is 0 Å². The second-order valence-electron chi connectivity index (χ2n) is 7.05. The molecule has 0 aliphatic rings. The molecule has 158 valence electrons. The maximum atomic E-state index is 13.4. The van der Waals surface area contributed by atoms with Crippen molar-refractivity contribution >= 4 is 21.6 Å². The monoisotopic (exact) mass is 428 g/mol. The van der Waals surface area contributed by atoms with E-state index in [-0.39, 0.29) is 16.6 Å². The van der Waals surface area contributed by atoms with Crippen molar-refractivity contribution in [3.8, 4) is 0 Å². The Morgan fingerprint density at radius 2 is 1.76 bits per heavy atom. The van der Waals surface area contributed by atoms with Gasteiger partial charge in [-0.1, -0.05) is 18.2 Å². The van der Waals surface area contributed by atoms with Gasteiger partial charge < -0.3 is 5.32 Å². The van der Waals surface area contributed by atoms with Gasteiger partial charge in [0.1, 0.15) is 6.54 Å². The summed E-state index contributed by atoms with van der Waals surface area (Å²) in [5.74, 6) is -0.619. The van der Waals surface area contributed by atoms with Crippen LogP contribution >= 0.6 is 0 Å². The Morgan fingerprint density at radius 3 is 2.34 bits per heavy atom. The first-order chi connectivity index (χ1) is 13.3. The largest absolute Gasteiger partial charge is 0.416 e. The molecular formula is C20H23F3N2O3S. The minimum Gasteiger partial charge on any atom is -0.352 e. The van der Waals surface area contributed by atoms with Gasteiger partial charge in [0.2, 0.25) is 5.91 Å². The molecule has 1 N–H and O–H groups in total. The number of hydrogen-bond donors (Lipinski definition) is 1. The Balaban J connectivity index is 2.62. The van der Waals surface area contributed by atoms with Crippen LogP contribution in [-0.4, -0.2) is 26.9 Å². The van der Waals surface area contributed by atoms with Gasteiger partial charge in [0.05, 0.1) is 16.1 Å². The molecule has 0 saturated carbocycles. The number of carbonyl (C=O) groups excluding carboxylic acids is 1. The van der Waals surface area contributed by atoms with E-state index in [9.17, 15) is 26.4 Å². The predicted molar refractivity (Wildman–Crippen MR) is 105 cm³/mol. The molecule has 2 rings (SSSR count). The van der Waals surface area contributed by atoms with E-state index in [1.165, 1.54) is 12.1 Å². The highest BCUT2D eigenvalue weighted by Gasteiger charge is 2.33. The molecule has 0 spiro atoms. The summed E-state index contributed by atoms with van der Waals surface area (Å²) in [6.07, 6.45) is -4.65. The molecule has 9 heteroatoms. The van der Waals surface area contributed by atoms with Crippen molar-refractivity contribution in [3.05, 3.63) is 59.2 Å². The zero-order valence-corrected chi connectivity index (χ0v) is 17.4. The van der Waals surface area contributed by atoms with E-state index in [1.54, 1.807) is 39.8 Å². The average molecular weight is 428 g/mol. The molecule has 0 aliphatic carbocycles. The Morgan fingerprint density at radius 1 is 1.10 bits per heavy atom. The molecule has 0 aromatic heterocycles. The van der Waals surface area contributed by atoms with Crippen molar-refractivity contribution in [3.63, 3.8) is 0 Å².